The molecule has 0 aliphatic carbocycles. The largest absolute Gasteiger partial charge is 0.530 e. The SMILES string of the molecule is COc1cc(Br)ccc1NC(=O)[O-]. The summed E-state index contributed by atoms with van der Waals surface area (Å²) < 4.78 is 5.76. The maximum atomic E-state index is 10.2. The Hall–Kier alpha value is -1.23. The van der Waals surface area contributed by atoms with Crippen LogP contribution in [0.15, 0.2) is 22.7 Å². The number of anilines is 1. The molecule has 0 aliphatic heterocycles. The molecule has 1 amide bonds. The van der Waals surface area contributed by atoms with E-state index in [4.69, 9.17) is 4.74 Å². The summed E-state index contributed by atoms with van der Waals surface area (Å²) in [7, 11) is 1.46. The minimum absolute atomic E-state index is 0.366. The summed E-state index contributed by atoms with van der Waals surface area (Å²) in [6, 6.07) is 4.94. The molecular weight excluding hydrogens is 238 g/mol. The monoisotopic (exact) mass is 244 g/mol. The van der Waals surface area contributed by atoms with E-state index < -0.39 is 6.09 Å². The van der Waals surface area contributed by atoms with Crippen LogP contribution in [0.3, 0.4) is 0 Å². The standard InChI is InChI=1S/C8H8BrNO3/c1-13-7-4-5(9)2-3-6(7)10-8(11)12/h2-4,10H,1H3,(H,11,12)/p-1. The van der Waals surface area contributed by atoms with Crippen LogP contribution < -0.4 is 15.2 Å². The third-order valence-electron chi connectivity index (χ3n) is 1.40. The van der Waals surface area contributed by atoms with Crippen molar-refractivity contribution in [3.63, 3.8) is 0 Å². The van der Waals surface area contributed by atoms with Crippen molar-refractivity contribution in [2.24, 2.45) is 0 Å². The zero-order chi connectivity index (χ0) is 9.84. The number of rotatable bonds is 2. The molecule has 5 heteroatoms. The van der Waals surface area contributed by atoms with Gasteiger partial charge < -0.3 is 20.0 Å². The van der Waals surface area contributed by atoms with E-state index in [0.717, 1.165) is 4.47 Å². The van der Waals surface area contributed by atoms with Crippen LogP contribution in [-0.2, 0) is 0 Å². The maximum Gasteiger partial charge on any atom is 0.143 e. The lowest BCUT2D eigenvalue weighted by Gasteiger charge is -2.11. The second-order valence-electron chi connectivity index (χ2n) is 2.26. The van der Waals surface area contributed by atoms with Gasteiger partial charge in [0.15, 0.2) is 0 Å². The van der Waals surface area contributed by atoms with Gasteiger partial charge in [0.2, 0.25) is 0 Å². The van der Waals surface area contributed by atoms with Gasteiger partial charge in [0, 0.05) is 4.47 Å². The molecule has 70 valence electrons. The van der Waals surface area contributed by atoms with Crippen molar-refractivity contribution >= 4 is 27.7 Å². The molecule has 0 saturated heterocycles. The summed E-state index contributed by atoms with van der Waals surface area (Å²) in [5.41, 5.74) is 0.366. The number of amides is 1. The normalized spacial score (nSPS) is 9.38. The van der Waals surface area contributed by atoms with Crippen LogP contribution in [-0.4, -0.2) is 13.2 Å². The van der Waals surface area contributed by atoms with Gasteiger partial charge in [-0.25, -0.2) is 0 Å². The third-order valence-corrected chi connectivity index (χ3v) is 1.89. The molecule has 0 radical (unpaired) electrons. The van der Waals surface area contributed by atoms with Gasteiger partial charge >= 0.3 is 0 Å². The average molecular weight is 245 g/mol. The van der Waals surface area contributed by atoms with Crippen molar-refractivity contribution in [1.82, 2.24) is 0 Å². The molecule has 0 saturated carbocycles. The van der Waals surface area contributed by atoms with Crippen molar-refractivity contribution in [2.75, 3.05) is 12.4 Å². The van der Waals surface area contributed by atoms with Gasteiger partial charge in [-0.1, -0.05) is 15.9 Å². The Bertz CT molecular complexity index is 327. The number of nitrogens with one attached hydrogen (secondary N) is 1. The lowest BCUT2D eigenvalue weighted by Crippen LogP contribution is -2.28. The summed E-state index contributed by atoms with van der Waals surface area (Å²) in [5, 5.41) is 12.3. The summed E-state index contributed by atoms with van der Waals surface area (Å²) in [6.07, 6.45) is -1.36. The first kappa shape index (κ1) is 9.85. The molecule has 0 aliphatic rings. The number of halogens is 1. The van der Waals surface area contributed by atoms with Crippen molar-refractivity contribution < 1.29 is 14.6 Å². The maximum absolute atomic E-state index is 10.2. The average Bonchev–Trinajstić information content (AvgIpc) is 2.07. The molecule has 13 heavy (non-hydrogen) atoms. The molecule has 1 aromatic rings. The van der Waals surface area contributed by atoms with Gasteiger partial charge in [-0.05, 0) is 18.2 Å². The van der Waals surface area contributed by atoms with Crippen molar-refractivity contribution in [2.45, 2.75) is 0 Å². The molecule has 1 N–H and O–H groups in total. The lowest BCUT2D eigenvalue weighted by molar-refractivity contribution is -0.242. The van der Waals surface area contributed by atoms with Crippen LogP contribution in [0.25, 0.3) is 0 Å². The summed E-state index contributed by atoms with van der Waals surface area (Å²) in [5.74, 6) is 0.443. The molecule has 0 fully saturated rings. The Balaban J connectivity index is 2.99. The van der Waals surface area contributed by atoms with Gasteiger partial charge in [-0.15, -0.1) is 0 Å². The fourth-order valence-corrected chi connectivity index (χ4v) is 1.22. The molecule has 4 nitrogen and oxygen atoms in total. The second-order valence-corrected chi connectivity index (χ2v) is 3.17. The zero-order valence-corrected chi connectivity index (χ0v) is 8.42. The molecule has 0 unspecified atom stereocenters. The van der Waals surface area contributed by atoms with E-state index in [0.29, 0.717) is 11.4 Å². The fourth-order valence-electron chi connectivity index (χ4n) is 0.878. The molecule has 0 atom stereocenters. The highest BCUT2D eigenvalue weighted by molar-refractivity contribution is 9.10. The van der Waals surface area contributed by atoms with Crippen LogP contribution >= 0.6 is 15.9 Å². The highest BCUT2D eigenvalue weighted by Gasteiger charge is 2.02. The van der Waals surface area contributed by atoms with E-state index in [9.17, 15) is 9.90 Å². The Morgan fingerprint density at radius 3 is 2.85 bits per heavy atom. The first-order valence-electron chi connectivity index (χ1n) is 3.45. The summed E-state index contributed by atoms with van der Waals surface area (Å²) >= 11 is 3.23. The number of methoxy groups -OCH3 is 1. The smallest absolute Gasteiger partial charge is 0.143 e. The second kappa shape index (κ2) is 4.13. The molecule has 0 heterocycles. The van der Waals surface area contributed by atoms with E-state index in [1.54, 1.807) is 18.2 Å². The van der Waals surface area contributed by atoms with E-state index in [2.05, 4.69) is 21.2 Å². The summed E-state index contributed by atoms with van der Waals surface area (Å²) in [4.78, 5) is 10.2. The Morgan fingerprint density at radius 2 is 2.31 bits per heavy atom. The molecule has 0 spiro atoms. The van der Waals surface area contributed by atoms with Gasteiger partial charge in [0.05, 0.1) is 12.8 Å². The number of ether oxygens (including phenoxy) is 1. The first-order chi connectivity index (χ1) is 6.13. The van der Waals surface area contributed by atoms with Crippen LogP contribution in [0.1, 0.15) is 0 Å². The number of carboxylic acid groups (broad SMARTS) is 1. The third kappa shape index (κ3) is 2.62. The van der Waals surface area contributed by atoms with Crippen LogP contribution in [0.2, 0.25) is 0 Å². The van der Waals surface area contributed by atoms with E-state index >= 15 is 0 Å². The van der Waals surface area contributed by atoms with Gasteiger partial charge in [0.25, 0.3) is 0 Å². The number of hydrogen-bond donors (Lipinski definition) is 1. The van der Waals surface area contributed by atoms with Crippen molar-refractivity contribution in [1.29, 1.82) is 0 Å². The molecule has 0 bridgehead atoms. The number of carbonyl (C=O) groups is 1. The number of hydrogen-bond acceptors (Lipinski definition) is 3. The van der Waals surface area contributed by atoms with Gasteiger partial charge in [-0.2, -0.15) is 0 Å². The minimum Gasteiger partial charge on any atom is -0.530 e. The van der Waals surface area contributed by atoms with Gasteiger partial charge in [0.1, 0.15) is 11.8 Å². The van der Waals surface area contributed by atoms with E-state index in [-0.39, 0.29) is 0 Å². The van der Waals surface area contributed by atoms with E-state index in [1.165, 1.54) is 7.11 Å². The highest BCUT2D eigenvalue weighted by atomic mass is 79.9. The first-order valence-corrected chi connectivity index (χ1v) is 4.24. The molecular formula is C8H7BrNO3-. The van der Waals surface area contributed by atoms with Crippen molar-refractivity contribution in [3.8, 4) is 5.75 Å². The predicted octanol–water partition coefficient (Wildman–Crippen LogP) is 1.21. The number of benzene rings is 1. The molecule has 0 aromatic heterocycles. The van der Waals surface area contributed by atoms with Crippen LogP contribution in [0.4, 0.5) is 10.5 Å². The lowest BCUT2D eigenvalue weighted by atomic mass is 10.3. The van der Waals surface area contributed by atoms with Crippen molar-refractivity contribution in [3.05, 3.63) is 22.7 Å². The zero-order valence-electron chi connectivity index (χ0n) is 6.83. The topological polar surface area (TPSA) is 61.4 Å². The van der Waals surface area contributed by atoms with Crippen LogP contribution in [0.5, 0.6) is 5.75 Å². The molecule has 1 rings (SSSR count). The number of carbonyl (C=O) groups excluding carboxylic acids is 1. The van der Waals surface area contributed by atoms with Gasteiger partial charge in [-0.3, -0.25) is 0 Å². The Kier molecular flexibility index (Phi) is 3.13. The Morgan fingerprint density at radius 1 is 1.62 bits per heavy atom. The van der Waals surface area contributed by atoms with E-state index in [1.807, 2.05) is 0 Å². The molecule has 1 aromatic carbocycles. The predicted molar refractivity (Wildman–Crippen MR) is 49.7 cm³/mol. The highest BCUT2D eigenvalue weighted by Crippen LogP contribution is 2.27. The minimum atomic E-state index is -1.36. The fraction of sp³-hybridized carbons (Fsp3) is 0.125. The quantitative estimate of drug-likeness (QED) is 0.851. The summed E-state index contributed by atoms with van der Waals surface area (Å²) in [6.45, 7) is 0. The van der Waals surface area contributed by atoms with Crippen LogP contribution in [0, 0.1) is 0 Å². The Labute approximate surface area is 83.6 Å².